The minimum atomic E-state index is -0.144. The van der Waals surface area contributed by atoms with Gasteiger partial charge < -0.3 is 10.1 Å². The van der Waals surface area contributed by atoms with E-state index in [4.69, 9.17) is 4.74 Å². The fourth-order valence-corrected chi connectivity index (χ4v) is 3.61. The topological polar surface area (TPSA) is 54.5 Å². The molecule has 1 aromatic carbocycles. The van der Waals surface area contributed by atoms with E-state index in [0.29, 0.717) is 6.54 Å². The Morgan fingerprint density at radius 1 is 1.12 bits per heavy atom. The normalized spacial score (nSPS) is 20.4. The van der Waals surface area contributed by atoms with Gasteiger partial charge >= 0.3 is 0 Å². The Morgan fingerprint density at radius 3 is 2.56 bits per heavy atom. The zero-order valence-electron chi connectivity index (χ0n) is 14.3. The van der Waals surface area contributed by atoms with Gasteiger partial charge in [-0.1, -0.05) is 30.3 Å². The molecule has 2 aliphatic rings. The smallest absolute Gasteiger partial charge is 0.246 e. The first kappa shape index (κ1) is 16.2. The van der Waals surface area contributed by atoms with E-state index >= 15 is 0 Å². The lowest BCUT2D eigenvalue weighted by atomic mass is 9.89. The summed E-state index contributed by atoms with van der Waals surface area (Å²) >= 11 is 0. The highest BCUT2D eigenvalue weighted by atomic mass is 16.5. The molecular weight excluding hydrogens is 314 g/mol. The first-order valence-electron chi connectivity index (χ1n) is 8.85. The van der Waals surface area contributed by atoms with E-state index in [0.717, 1.165) is 38.0 Å². The third kappa shape index (κ3) is 3.72. The highest BCUT2D eigenvalue weighted by molar-refractivity contribution is 5.78. The lowest BCUT2D eigenvalue weighted by molar-refractivity contribution is -0.150. The van der Waals surface area contributed by atoms with E-state index in [2.05, 4.69) is 45.5 Å². The largest absolute Gasteiger partial charge is 0.363 e. The Morgan fingerprint density at radius 2 is 1.92 bits per heavy atom. The standard InChI is InChI=1S/C20H23N3O2/c24-19-14-25-20(15-22-19)7-10-23(11-8-20)13-16-3-5-17(6-4-16)18-2-1-9-21-12-18/h1-6,9,12H,7-8,10-11,13-15H2,(H,22,24). The third-order valence-electron chi connectivity index (χ3n) is 5.24. The van der Waals surface area contributed by atoms with Crippen LogP contribution in [0.15, 0.2) is 48.8 Å². The predicted molar refractivity (Wildman–Crippen MR) is 95.9 cm³/mol. The SMILES string of the molecule is O=C1COC2(CCN(Cc3ccc(-c4cccnc4)cc3)CC2)CN1. The maximum absolute atomic E-state index is 11.3. The number of carbonyl (C=O) groups excluding carboxylic acids is 1. The Kier molecular flexibility index (Phi) is 4.51. The molecule has 1 N–H and O–H groups in total. The minimum Gasteiger partial charge on any atom is -0.363 e. The van der Waals surface area contributed by atoms with E-state index in [-0.39, 0.29) is 18.1 Å². The minimum absolute atomic E-state index is 0.00163. The number of ether oxygens (including phenoxy) is 1. The van der Waals surface area contributed by atoms with Gasteiger partial charge in [0.1, 0.15) is 6.61 Å². The molecule has 0 atom stereocenters. The molecule has 0 saturated carbocycles. The van der Waals surface area contributed by atoms with Gasteiger partial charge in [-0.2, -0.15) is 0 Å². The van der Waals surface area contributed by atoms with Crippen LogP contribution in [-0.4, -0.2) is 47.6 Å². The van der Waals surface area contributed by atoms with Crippen molar-refractivity contribution in [1.82, 2.24) is 15.2 Å². The van der Waals surface area contributed by atoms with Crippen LogP contribution in [0.2, 0.25) is 0 Å². The van der Waals surface area contributed by atoms with Crippen LogP contribution in [0.1, 0.15) is 18.4 Å². The summed E-state index contributed by atoms with van der Waals surface area (Å²) in [4.78, 5) is 17.9. The second-order valence-electron chi connectivity index (χ2n) is 6.96. The van der Waals surface area contributed by atoms with Crippen molar-refractivity contribution in [2.24, 2.45) is 0 Å². The fraction of sp³-hybridized carbons (Fsp3) is 0.400. The molecule has 5 nitrogen and oxygen atoms in total. The summed E-state index contributed by atoms with van der Waals surface area (Å²) in [5.74, 6) is 0.00163. The Hall–Kier alpha value is -2.24. The Bertz CT molecular complexity index is 710. The lowest BCUT2D eigenvalue weighted by Gasteiger charge is -2.43. The molecule has 1 spiro atoms. The number of amides is 1. The van der Waals surface area contributed by atoms with Crippen molar-refractivity contribution in [3.05, 3.63) is 54.4 Å². The Balaban J connectivity index is 1.33. The molecule has 130 valence electrons. The van der Waals surface area contributed by atoms with Crippen LogP contribution in [0.25, 0.3) is 11.1 Å². The quantitative estimate of drug-likeness (QED) is 0.933. The van der Waals surface area contributed by atoms with Gasteiger partial charge in [0.2, 0.25) is 5.91 Å². The summed E-state index contributed by atoms with van der Waals surface area (Å²) in [6.07, 6.45) is 5.63. The summed E-state index contributed by atoms with van der Waals surface area (Å²) in [5.41, 5.74) is 3.52. The van der Waals surface area contributed by atoms with Crippen molar-refractivity contribution >= 4 is 5.91 Å². The van der Waals surface area contributed by atoms with Crippen molar-refractivity contribution in [3.8, 4) is 11.1 Å². The van der Waals surface area contributed by atoms with Gasteiger partial charge in [-0.25, -0.2) is 0 Å². The highest BCUT2D eigenvalue weighted by Crippen LogP contribution is 2.28. The molecule has 0 unspecified atom stereocenters. The first-order valence-corrected chi connectivity index (χ1v) is 8.85. The average molecular weight is 337 g/mol. The molecule has 0 aliphatic carbocycles. The summed E-state index contributed by atoms with van der Waals surface area (Å²) in [7, 11) is 0. The first-order chi connectivity index (χ1) is 12.2. The van der Waals surface area contributed by atoms with E-state index in [1.165, 1.54) is 11.1 Å². The van der Waals surface area contributed by atoms with Crippen LogP contribution < -0.4 is 5.32 Å². The van der Waals surface area contributed by atoms with Crippen molar-refractivity contribution in [2.45, 2.75) is 25.0 Å². The molecule has 1 aromatic heterocycles. The van der Waals surface area contributed by atoms with E-state index in [9.17, 15) is 4.79 Å². The molecule has 0 bridgehead atoms. The van der Waals surface area contributed by atoms with E-state index in [1.807, 2.05) is 12.3 Å². The van der Waals surface area contributed by atoms with Gasteiger partial charge in [0.25, 0.3) is 0 Å². The van der Waals surface area contributed by atoms with Crippen molar-refractivity contribution in [2.75, 3.05) is 26.2 Å². The number of hydrogen-bond donors (Lipinski definition) is 1. The zero-order chi connectivity index (χ0) is 17.1. The number of aromatic nitrogens is 1. The second kappa shape index (κ2) is 6.94. The molecular formula is C20H23N3O2. The van der Waals surface area contributed by atoms with E-state index in [1.54, 1.807) is 6.20 Å². The number of nitrogens with zero attached hydrogens (tertiary/aromatic N) is 2. The summed E-state index contributed by atoms with van der Waals surface area (Å²) in [6.45, 7) is 3.81. The third-order valence-corrected chi connectivity index (χ3v) is 5.24. The van der Waals surface area contributed by atoms with Gasteiger partial charge in [-0.05, 0) is 35.6 Å². The lowest BCUT2D eigenvalue weighted by Crippen LogP contribution is -2.57. The van der Waals surface area contributed by atoms with Crippen LogP contribution in [0, 0.1) is 0 Å². The van der Waals surface area contributed by atoms with Crippen molar-refractivity contribution < 1.29 is 9.53 Å². The number of benzene rings is 1. The molecule has 3 heterocycles. The summed E-state index contributed by atoms with van der Waals surface area (Å²) in [5, 5.41) is 2.94. The van der Waals surface area contributed by atoms with Crippen LogP contribution in [-0.2, 0) is 16.1 Å². The molecule has 0 radical (unpaired) electrons. The predicted octanol–water partition coefficient (Wildman–Crippen LogP) is 2.23. The zero-order valence-corrected chi connectivity index (χ0v) is 14.3. The maximum atomic E-state index is 11.3. The highest BCUT2D eigenvalue weighted by Gasteiger charge is 2.38. The molecule has 4 rings (SSSR count). The van der Waals surface area contributed by atoms with Gasteiger partial charge in [0.05, 0.1) is 5.60 Å². The van der Waals surface area contributed by atoms with Crippen molar-refractivity contribution in [1.29, 1.82) is 0 Å². The second-order valence-corrected chi connectivity index (χ2v) is 6.96. The number of likely N-dealkylation sites (tertiary alicyclic amines) is 1. The molecule has 2 aromatic rings. The average Bonchev–Trinajstić information content (AvgIpc) is 2.68. The monoisotopic (exact) mass is 337 g/mol. The van der Waals surface area contributed by atoms with Gasteiger partial charge in [-0.15, -0.1) is 0 Å². The summed E-state index contributed by atoms with van der Waals surface area (Å²) < 4.78 is 5.84. The van der Waals surface area contributed by atoms with E-state index < -0.39 is 0 Å². The van der Waals surface area contributed by atoms with Gasteiger partial charge in [0, 0.05) is 38.6 Å². The maximum Gasteiger partial charge on any atom is 0.246 e. The molecule has 5 heteroatoms. The molecule has 2 aliphatic heterocycles. The number of morpholine rings is 1. The number of rotatable bonds is 3. The van der Waals surface area contributed by atoms with Crippen LogP contribution >= 0.6 is 0 Å². The Labute approximate surface area is 148 Å². The van der Waals surface area contributed by atoms with Crippen LogP contribution in [0.3, 0.4) is 0 Å². The van der Waals surface area contributed by atoms with Crippen molar-refractivity contribution in [3.63, 3.8) is 0 Å². The van der Waals surface area contributed by atoms with Gasteiger partial charge in [0.15, 0.2) is 0 Å². The molecule has 2 fully saturated rings. The molecule has 1 amide bonds. The number of hydrogen-bond acceptors (Lipinski definition) is 4. The number of piperidine rings is 1. The number of carbonyl (C=O) groups is 1. The van der Waals surface area contributed by atoms with Crippen LogP contribution in [0.4, 0.5) is 0 Å². The molecule has 25 heavy (non-hydrogen) atoms. The summed E-state index contributed by atoms with van der Waals surface area (Å²) in [6, 6.07) is 12.8. The number of nitrogens with one attached hydrogen (secondary N) is 1. The number of pyridine rings is 1. The fourth-order valence-electron chi connectivity index (χ4n) is 3.61. The van der Waals surface area contributed by atoms with Gasteiger partial charge in [-0.3, -0.25) is 14.7 Å². The van der Waals surface area contributed by atoms with Crippen LogP contribution in [0.5, 0.6) is 0 Å². The molecule has 2 saturated heterocycles.